The second-order valence-corrected chi connectivity index (χ2v) is 7.78. The topological polar surface area (TPSA) is 58.8 Å². The van der Waals surface area contributed by atoms with Crippen LogP contribution in [0.4, 0.5) is 0 Å². The van der Waals surface area contributed by atoms with Gasteiger partial charge in [-0.15, -0.1) is 0 Å². The minimum atomic E-state index is -0.0205. The molecule has 0 bridgehead atoms. The number of furan rings is 1. The molecule has 1 aliphatic rings. The summed E-state index contributed by atoms with van der Waals surface area (Å²) in [5.41, 5.74) is 1.28. The Bertz CT molecular complexity index is 690. The molecule has 1 aliphatic heterocycles. The van der Waals surface area contributed by atoms with Crippen molar-refractivity contribution in [1.29, 1.82) is 0 Å². The van der Waals surface area contributed by atoms with Crippen LogP contribution in [0.3, 0.4) is 0 Å². The third kappa shape index (κ3) is 6.14. The zero-order valence-corrected chi connectivity index (χ0v) is 16.4. The highest BCUT2D eigenvalue weighted by Gasteiger charge is 2.20. The fourth-order valence-electron chi connectivity index (χ4n) is 3.18. The largest absolute Gasteiger partial charge is 0.469 e. The van der Waals surface area contributed by atoms with E-state index in [0.717, 1.165) is 50.9 Å². The second-order valence-electron chi connectivity index (χ2n) is 7.78. The van der Waals surface area contributed by atoms with Gasteiger partial charge < -0.3 is 19.8 Å². The first-order valence-electron chi connectivity index (χ1n) is 9.81. The normalized spacial score (nSPS) is 17.9. The molecule has 5 heteroatoms. The molecule has 1 aromatic carbocycles. The average molecular weight is 370 g/mol. The first-order chi connectivity index (χ1) is 13.1. The van der Waals surface area contributed by atoms with Gasteiger partial charge in [0, 0.05) is 37.5 Å². The number of rotatable bonds is 8. The van der Waals surface area contributed by atoms with Crippen LogP contribution >= 0.6 is 0 Å². The molecule has 0 aliphatic carbocycles. The van der Waals surface area contributed by atoms with E-state index in [1.807, 2.05) is 12.1 Å². The summed E-state index contributed by atoms with van der Waals surface area (Å²) >= 11 is 0. The van der Waals surface area contributed by atoms with E-state index in [1.165, 1.54) is 5.56 Å². The molecule has 5 nitrogen and oxygen atoms in total. The number of guanidine groups is 1. The molecule has 2 aromatic rings. The van der Waals surface area contributed by atoms with Crippen LogP contribution in [-0.4, -0.2) is 38.8 Å². The molecule has 2 heterocycles. The molecule has 1 saturated heterocycles. The average Bonchev–Trinajstić information content (AvgIpc) is 3.38. The predicted octanol–water partition coefficient (Wildman–Crippen LogP) is 3.37. The standard InChI is InChI=1S/C22H31N3O2/c1-22(2,19-7-4-3-5-8-19)17-25-21(24-15-18-11-14-26-16-18)23-12-10-20-9-6-13-27-20/h3-9,13,18H,10-12,14-17H2,1-2H3,(H2,23,24,25). The lowest BCUT2D eigenvalue weighted by molar-refractivity contribution is 0.186. The Hall–Kier alpha value is -2.27. The molecule has 1 fully saturated rings. The van der Waals surface area contributed by atoms with E-state index in [4.69, 9.17) is 14.1 Å². The van der Waals surface area contributed by atoms with Gasteiger partial charge in [-0.3, -0.25) is 4.99 Å². The Labute approximate surface area is 162 Å². The summed E-state index contributed by atoms with van der Waals surface area (Å²) in [4.78, 5) is 4.87. The van der Waals surface area contributed by atoms with E-state index in [0.29, 0.717) is 12.5 Å². The Balaban J connectivity index is 1.58. The molecule has 1 aromatic heterocycles. The van der Waals surface area contributed by atoms with Crippen molar-refractivity contribution in [2.24, 2.45) is 10.9 Å². The molecule has 1 unspecified atom stereocenters. The molecular weight excluding hydrogens is 338 g/mol. The van der Waals surface area contributed by atoms with Crippen molar-refractivity contribution in [2.45, 2.75) is 32.1 Å². The summed E-state index contributed by atoms with van der Waals surface area (Å²) in [6.07, 6.45) is 3.66. The molecule has 0 amide bonds. The van der Waals surface area contributed by atoms with Gasteiger partial charge in [0.05, 0.1) is 19.4 Å². The van der Waals surface area contributed by atoms with Crippen molar-refractivity contribution in [3.63, 3.8) is 0 Å². The Morgan fingerprint density at radius 1 is 1.15 bits per heavy atom. The summed E-state index contributed by atoms with van der Waals surface area (Å²) in [6.45, 7) is 8.56. The molecule has 2 N–H and O–H groups in total. The van der Waals surface area contributed by atoms with Crippen LogP contribution in [0.2, 0.25) is 0 Å². The van der Waals surface area contributed by atoms with Crippen molar-refractivity contribution in [3.8, 4) is 0 Å². The minimum absolute atomic E-state index is 0.0205. The van der Waals surface area contributed by atoms with Gasteiger partial charge in [0.15, 0.2) is 5.96 Å². The van der Waals surface area contributed by atoms with E-state index in [9.17, 15) is 0 Å². The van der Waals surface area contributed by atoms with E-state index in [-0.39, 0.29) is 5.41 Å². The lowest BCUT2D eigenvalue weighted by Gasteiger charge is -2.24. The highest BCUT2D eigenvalue weighted by molar-refractivity contribution is 5.79. The minimum Gasteiger partial charge on any atom is -0.469 e. The molecule has 3 rings (SSSR count). The lowest BCUT2D eigenvalue weighted by atomic mass is 9.85. The molecule has 0 radical (unpaired) electrons. The fourth-order valence-corrected chi connectivity index (χ4v) is 3.18. The zero-order valence-electron chi connectivity index (χ0n) is 16.4. The van der Waals surface area contributed by atoms with Crippen molar-refractivity contribution in [3.05, 3.63) is 60.1 Å². The number of nitrogens with one attached hydrogen (secondary N) is 2. The highest BCUT2D eigenvalue weighted by atomic mass is 16.5. The molecule has 27 heavy (non-hydrogen) atoms. The molecule has 0 saturated carbocycles. The third-order valence-electron chi connectivity index (χ3n) is 5.01. The fraction of sp³-hybridized carbons (Fsp3) is 0.500. The monoisotopic (exact) mass is 369 g/mol. The van der Waals surface area contributed by atoms with Gasteiger partial charge in [-0.1, -0.05) is 44.2 Å². The Morgan fingerprint density at radius 2 is 2.00 bits per heavy atom. The van der Waals surface area contributed by atoms with Crippen molar-refractivity contribution < 1.29 is 9.15 Å². The van der Waals surface area contributed by atoms with Gasteiger partial charge in [0.1, 0.15) is 5.76 Å². The maximum Gasteiger partial charge on any atom is 0.191 e. The number of hydrogen-bond donors (Lipinski definition) is 2. The van der Waals surface area contributed by atoms with Crippen LogP contribution in [-0.2, 0) is 16.6 Å². The van der Waals surface area contributed by atoms with E-state index >= 15 is 0 Å². The van der Waals surface area contributed by atoms with Crippen molar-refractivity contribution in [1.82, 2.24) is 10.6 Å². The van der Waals surface area contributed by atoms with Gasteiger partial charge in [0.25, 0.3) is 0 Å². The van der Waals surface area contributed by atoms with Gasteiger partial charge in [0.2, 0.25) is 0 Å². The molecular formula is C22H31N3O2. The summed E-state index contributed by atoms with van der Waals surface area (Å²) in [6, 6.07) is 14.5. The van der Waals surface area contributed by atoms with Crippen molar-refractivity contribution in [2.75, 3.05) is 32.8 Å². The summed E-state index contributed by atoms with van der Waals surface area (Å²) < 4.78 is 10.9. The summed E-state index contributed by atoms with van der Waals surface area (Å²) in [7, 11) is 0. The number of ether oxygens (including phenoxy) is 1. The van der Waals surface area contributed by atoms with Crippen LogP contribution in [0, 0.1) is 5.92 Å². The van der Waals surface area contributed by atoms with E-state index in [2.05, 4.69) is 54.8 Å². The number of benzene rings is 1. The van der Waals surface area contributed by atoms with Gasteiger partial charge in [-0.05, 0) is 24.1 Å². The van der Waals surface area contributed by atoms with Gasteiger partial charge >= 0.3 is 0 Å². The number of hydrogen-bond acceptors (Lipinski definition) is 3. The van der Waals surface area contributed by atoms with Crippen LogP contribution in [0.25, 0.3) is 0 Å². The van der Waals surface area contributed by atoms with Gasteiger partial charge in [-0.2, -0.15) is 0 Å². The van der Waals surface area contributed by atoms with E-state index in [1.54, 1.807) is 6.26 Å². The highest BCUT2D eigenvalue weighted by Crippen LogP contribution is 2.23. The lowest BCUT2D eigenvalue weighted by Crippen LogP contribution is -2.41. The van der Waals surface area contributed by atoms with Crippen LogP contribution in [0.15, 0.2) is 58.1 Å². The Morgan fingerprint density at radius 3 is 2.70 bits per heavy atom. The maximum absolute atomic E-state index is 5.48. The van der Waals surface area contributed by atoms with Crippen LogP contribution in [0.5, 0.6) is 0 Å². The molecule has 146 valence electrons. The second kappa shape index (κ2) is 9.60. The van der Waals surface area contributed by atoms with Crippen LogP contribution in [0.1, 0.15) is 31.6 Å². The predicted molar refractivity (Wildman–Crippen MR) is 109 cm³/mol. The molecule has 1 atom stereocenters. The smallest absolute Gasteiger partial charge is 0.191 e. The summed E-state index contributed by atoms with van der Waals surface area (Å²) in [5, 5.41) is 6.94. The van der Waals surface area contributed by atoms with Crippen LogP contribution < -0.4 is 10.6 Å². The first kappa shape index (κ1) is 19.5. The quantitative estimate of drug-likeness (QED) is 0.553. The third-order valence-corrected chi connectivity index (χ3v) is 5.01. The van der Waals surface area contributed by atoms with E-state index < -0.39 is 0 Å². The zero-order chi connectivity index (χ0) is 19.0. The molecule has 0 spiro atoms. The Kier molecular flexibility index (Phi) is 6.93. The SMILES string of the molecule is CC(C)(CN=C(NCCc1ccco1)NCC1CCOC1)c1ccccc1. The first-order valence-corrected chi connectivity index (χ1v) is 9.81. The summed E-state index contributed by atoms with van der Waals surface area (Å²) in [5.74, 6) is 2.40. The van der Waals surface area contributed by atoms with Gasteiger partial charge in [-0.25, -0.2) is 0 Å². The maximum atomic E-state index is 5.48. The number of aliphatic imine (C=N–C) groups is 1. The number of nitrogens with zero attached hydrogens (tertiary/aromatic N) is 1. The van der Waals surface area contributed by atoms with Crippen molar-refractivity contribution >= 4 is 5.96 Å².